The topological polar surface area (TPSA) is 73.6 Å². The van der Waals surface area contributed by atoms with Gasteiger partial charge < -0.3 is 16.2 Å². The van der Waals surface area contributed by atoms with Crippen molar-refractivity contribution in [1.29, 1.82) is 0 Å². The van der Waals surface area contributed by atoms with Crippen molar-refractivity contribution in [2.24, 2.45) is 22.4 Å². The van der Waals surface area contributed by atoms with E-state index in [-0.39, 0.29) is 29.9 Å². The molecule has 0 amide bonds. The summed E-state index contributed by atoms with van der Waals surface area (Å²) >= 11 is 0. The van der Waals surface area contributed by atoms with Gasteiger partial charge in [-0.3, -0.25) is 0 Å². The van der Waals surface area contributed by atoms with Crippen LogP contribution in [-0.2, 0) is 6.54 Å². The lowest BCUT2D eigenvalue weighted by Gasteiger charge is -2.12. The third-order valence-electron chi connectivity index (χ3n) is 2.84. The highest BCUT2D eigenvalue weighted by Gasteiger charge is 2.04. The fourth-order valence-corrected chi connectivity index (χ4v) is 1.78. The zero-order valence-electron chi connectivity index (χ0n) is 12.6. The van der Waals surface area contributed by atoms with E-state index in [0.717, 1.165) is 24.3 Å². The Morgan fingerprint density at radius 1 is 1.30 bits per heavy atom. The summed E-state index contributed by atoms with van der Waals surface area (Å²) in [5.41, 5.74) is 12.9. The SMILES string of the molecule is Cc1ccc(CN=C(N)N)c(OCCCC(C)C)c1.I. The van der Waals surface area contributed by atoms with Crippen LogP contribution in [0.5, 0.6) is 5.75 Å². The maximum absolute atomic E-state index is 5.85. The summed E-state index contributed by atoms with van der Waals surface area (Å²) in [4.78, 5) is 4.03. The Morgan fingerprint density at radius 2 is 2.00 bits per heavy atom. The number of hydrogen-bond acceptors (Lipinski definition) is 2. The molecule has 0 saturated heterocycles. The van der Waals surface area contributed by atoms with Crippen molar-refractivity contribution in [2.75, 3.05) is 6.61 Å². The highest BCUT2D eigenvalue weighted by atomic mass is 127. The van der Waals surface area contributed by atoms with Crippen LogP contribution in [0, 0.1) is 12.8 Å². The van der Waals surface area contributed by atoms with Crippen molar-refractivity contribution >= 4 is 29.9 Å². The van der Waals surface area contributed by atoms with E-state index < -0.39 is 0 Å². The van der Waals surface area contributed by atoms with Gasteiger partial charge in [-0.1, -0.05) is 26.0 Å². The van der Waals surface area contributed by atoms with Crippen molar-refractivity contribution in [3.05, 3.63) is 29.3 Å². The van der Waals surface area contributed by atoms with Crippen molar-refractivity contribution < 1.29 is 4.74 Å². The average molecular weight is 391 g/mol. The van der Waals surface area contributed by atoms with Gasteiger partial charge in [0.05, 0.1) is 13.2 Å². The first kappa shape index (κ1) is 19.0. The van der Waals surface area contributed by atoms with Crippen LogP contribution < -0.4 is 16.2 Å². The smallest absolute Gasteiger partial charge is 0.186 e. The predicted molar refractivity (Wildman–Crippen MR) is 95.7 cm³/mol. The van der Waals surface area contributed by atoms with Gasteiger partial charge in [0, 0.05) is 5.56 Å². The number of nitrogens with zero attached hydrogens (tertiary/aromatic N) is 1. The molecule has 1 aromatic rings. The van der Waals surface area contributed by atoms with Crippen LogP contribution in [0.15, 0.2) is 23.2 Å². The molecular weight excluding hydrogens is 365 g/mol. The molecule has 0 spiro atoms. The van der Waals surface area contributed by atoms with Gasteiger partial charge in [-0.2, -0.15) is 0 Å². The molecule has 20 heavy (non-hydrogen) atoms. The molecule has 4 nitrogen and oxygen atoms in total. The van der Waals surface area contributed by atoms with E-state index in [1.807, 2.05) is 25.1 Å². The van der Waals surface area contributed by atoms with Crippen LogP contribution in [0.2, 0.25) is 0 Å². The second-order valence-corrected chi connectivity index (χ2v) is 5.24. The molecule has 0 bridgehead atoms. The summed E-state index contributed by atoms with van der Waals surface area (Å²) in [6.07, 6.45) is 2.24. The van der Waals surface area contributed by atoms with Gasteiger partial charge >= 0.3 is 0 Å². The van der Waals surface area contributed by atoms with Gasteiger partial charge in [0.1, 0.15) is 5.75 Å². The minimum atomic E-state index is 0. The molecule has 0 aliphatic rings. The van der Waals surface area contributed by atoms with Crippen LogP contribution >= 0.6 is 24.0 Å². The first-order valence-electron chi connectivity index (χ1n) is 6.76. The summed E-state index contributed by atoms with van der Waals surface area (Å²) in [5, 5.41) is 0. The van der Waals surface area contributed by atoms with Gasteiger partial charge in [0.15, 0.2) is 5.96 Å². The van der Waals surface area contributed by atoms with Gasteiger partial charge in [0.25, 0.3) is 0 Å². The first-order valence-corrected chi connectivity index (χ1v) is 6.76. The van der Waals surface area contributed by atoms with Gasteiger partial charge in [-0.05, 0) is 37.3 Å². The number of guanidine groups is 1. The van der Waals surface area contributed by atoms with Crippen LogP contribution in [0.1, 0.15) is 37.8 Å². The van der Waals surface area contributed by atoms with Crippen LogP contribution in [0.3, 0.4) is 0 Å². The maximum atomic E-state index is 5.85. The molecular formula is C15H26IN3O. The summed E-state index contributed by atoms with van der Waals surface area (Å²) < 4.78 is 5.85. The summed E-state index contributed by atoms with van der Waals surface area (Å²) in [6.45, 7) is 7.68. The highest BCUT2D eigenvalue weighted by Crippen LogP contribution is 2.21. The van der Waals surface area contributed by atoms with E-state index in [9.17, 15) is 0 Å². The van der Waals surface area contributed by atoms with Crippen molar-refractivity contribution in [3.63, 3.8) is 0 Å². The zero-order valence-corrected chi connectivity index (χ0v) is 14.9. The molecule has 0 aromatic heterocycles. The maximum Gasteiger partial charge on any atom is 0.186 e. The quantitative estimate of drug-likeness (QED) is 0.325. The fraction of sp³-hybridized carbons (Fsp3) is 0.533. The van der Waals surface area contributed by atoms with Crippen LogP contribution in [0.4, 0.5) is 0 Å². The van der Waals surface area contributed by atoms with Crippen LogP contribution in [-0.4, -0.2) is 12.6 Å². The molecule has 0 aliphatic heterocycles. The Balaban J connectivity index is 0.00000361. The van der Waals surface area contributed by atoms with Gasteiger partial charge in [-0.25, -0.2) is 4.99 Å². The molecule has 1 rings (SSSR count). The Morgan fingerprint density at radius 3 is 2.60 bits per heavy atom. The molecule has 1 aromatic carbocycles. The number of hydrogen-bond donors (Lipinski definition) is 2. The number of nitrogens with two attached hydrogens (primary N) is 2. The van der Waals surface area contributed by atoms with Gasteiger partial charge in [0.2, 0.25) is 0 Å². The lowest BCUT2D eigenvalue weighted by molar-refractivity contribution is 0.295. The lowest BCUT2D eigenvalue weighted by Crippen LogP contribution is -2.22. The molecule has 0 radical (unpaired) electrons. The van der Waals surface area contributed by atoms with E-state index in [4.69, 9.17) is 16.2 Å². The Labute approximate surface area is 139 Å². The van der Waals surface area contributed by atoms with E-state index in [1.165, 1.54) is 12.0 Å². The Kier molecular flexibility index (Phi) is 9.37. The number of halogens is 1. The van der Waals surface area contributed by atoms with Crippen molar-refractivity contribution in [1.82, 2.24) is 0 Å². The molecule has 4 N–H and O–H groups in total. The number of aliphatic imine (C=N–C) groups is 1. The molecule has 0 aliphatic carbocycles. The fourth-order valence-electron chi connectivity index (χ4n) is 1.78. The third-order valence-corrected chi connectivity index (χ3v) is 2.84. The molecule has 0 unspecified atom stereocenters. The zero-order chi connectivity index (χ0) is 14.3. The van der Waals surface area contributed by atoms with E-state index >= 15 is 0 Å². The Bertz CT molecular complexity index is 429. The molecule has 0 fully saturated rings. The minimum absolute atomic E-state index is 0. The molecule has 5 heteroatoms. The number of ether oxygens (including phenoxy) is 1. The van der Waals surface area contributed by atoms with Crippen LogP contribution in [0.25, 0.3) is 0 Å². The second-order valence-electron chi connectivity index (χ2n) is 5.24. The molecule has 114 valence electrons. The monoisotopic (exact) mass is 391 g/mol. The number of rotatable bonds is 7. The van der Waals surface area contributed by atoms with Crippen molar-refractivity contribution in [3.8, 4) is 5.75 Å². The lowest BCUT2D eigenvalue weighted by atomic mass is 10.1. The first-order chi connectivity index (χ1) is 8.99. The predicted octanol–water partition coefficient (Wildman–Crippen LogP) is 3.20. The molecule has 0 heterocycles. The van der Waals surface area contributed by atoms with Crippen molar-refractivity contribution in [2.45, 2.75) is 40.2 Å². The summed E-state index contributed by atoms with van der Waals surface area (Å²) in [6, 6.07) is 6.09. The minimum Gasteiger partial charge on any atom is -0.493 e. The summed E-state index contributed by atoms with van der Waals surface area (Å²) in [7, 11) is 0. The number of aryl methyl sites for hydroxylation is 1. The largest absolute Gasteiger partial charge is 0.493 e. The van der Waals surface area contributed by atoms with Gasteiger partial charge in [-0.15, -0.1) is 24.0 Å². The number of benzene rings is 1. The molecule has 0 atom stereocenters. The second kappa shape index (κ2) is 9.85. The Hall–Kier alpha value is -0.980. The molecule has 0 saturated carbocycles. The third kappa shape index (κ3) is 7.57. The standard InChI is InChI=1S/C15H25N3O.HI/c1-11(2)5-4-8-19-14-9-12(3)6-7-13(14)10-18-15(16)17;/h6-7,9,11H,4-5,8,10H2,1-3H3,(H4,16,17,18);1H. The average Bonchev–Trinajstić information content (AvgIpc) is 2.33. The highest BCUT2D eigenvalue weighted by molar-refractivity contribution is 14.0. The van der Waals surface area contributed by atoms with E-state index in [2.05, 4.69) is 18.8 Å². The van der Waals surface area contributed by atoms with E-state index in [0.29, 0.717) is 12.5 Å². The van der Waals surface area contributed by atoms with E-state index in [1.54, 1.807) is 0 Å². The normalized spacial score (nSPS) is 10.0. The summed E-state index contributed by atoms with van der Waals surface area (Å²) in [5.74, 6) is 1.70.